The molecule has 1 amide bonds. The molecule has 19 heavy (non-hydrogen) atoms. The first-order valence-electron chi connectivity index (χ1n) is 6.33. The highest BCUT2D eigenvalue weighted by Crippen LogP contribution is 2.22. The van der Waals surface area contributed by atoms with Gasteiger partial charge in [0, 0.05) is 5.33 Å². The number of carbonyl (C=O) groups is 1. The number of carbonyl (C=O) groups excluding carboxylic acids is 1. The molecule has 1 aromatic carbocycles. The third kappa shape index (κ3) is 5.33. The first-order valence-corrected chi connectivity index (χ1v) is 7.45. The lowest BCUT2D eigenvalue weighted by Gasteiger charge is -2.30. The Morgan fingerprint density at radius 1 is 1.21 bits per heavy atom. The van der Waals surface area contributed by atoms with E-state index in [1.807, 2.05) is 58.0 Å². The number of hydrogen-bond donors (Lipinski definition) is 1. The summed E-state index contributed by atoms with van der Waals surface area (Å²) in [5, 5.41) is 3.67. The molecule has 0 saturated carbocycles. The van der Waals surface area contributed by atoms with Crippen LogP contribution in [0.2, 0.25) is 0 Å². The summed E-state index contributed by atoms with van der Waals surface area (Å²) in [6, 6.07) is 9.91. The average Bonchev–Trinajstić information content (AvgIpc) is 2.36. The number of halogens is 1. The van der Waals surface area contributed by atoms with Crippen molar-refractivity contribution in [2.75, 3.05) is 11.9 Å². The highest BCUT2D eigenvalue weighted by Gasteiger charge is 2.27. The van der Waals surface area contributed by atoms with E-state index in [-0.39, 0.29) is 18.1 Å². The summed E-state index contributed by atoms with van der Waals surface area (Å²) in [6.45, 7) is 7.86. The Bertz CT molecular complexity index is 414. The molecule has 1 N–H and O–H groups in total. The summed E-state index contributed by atoms with van der Waals surface area (Å²) in [7, 11) is 0. The smallest absolute Gasteiger partial charge is 0.246 e. The third-order valence-corrected chi connectivity index (χ3v) is 3.85. The molecule has 4 heteroatoms. The number of rotatable bonds is 5. The van der Waals surface area contributed by atoms with Crippen LogP contribution < -0.4 is 5.32 Å². The van der Waals surface area contributed by atoms with E-state index in [0.29, 0.717) is 5.33 Å². The maximum absolute atomic E-state index is 12.0. The van der Waals surface area contributed by atoms with Gasteiger partial charge in [0.25, 0.3) is 0 Å². The van der Waals surface area contributed by atoms with Crippen LogP contribution in [0.1, 0.15) is 33.3 Å². The standard InChI is InChI=1S/C15H22BrNO2/c1-14(2,3)19-10-13(18)17-15(4,11-16)12-8-6-5-7-9-12/h5-9H,10-11H2,1-4H3,(H,17,18). The maximum Gasteiger partial charge on any atom is 0.246 e. The highest BCUT2D eigenvalue weighted by molar-refractivity contribution is 9.09. The highest BCUT2D eigenvalue weighted by atomic mass is 79.9. The molecular formula is C15H22BrNO2. The Morgan fingerprint density at radius 2 is 1.79 bits per heavy atom. The molecular weight excluding hydrogens is 306 g/mol. The predicted molar refractivity (Wildman–Crippen MR) is 81.4 cm³/mol. The summed E-state index contributed by atoms with van der Waals surface area (Å²) in [5.41, 5.74) is 0.324. The van der Waals surface area contributed by atoms with Crippen LogP contribution in [-0.2, 0) is 15.1 Å². The van der Waals surface area contributed by atoms with Crippen molar-refractivity contribution in [2.45, 2.75) is 38.8 Å². The zero-order valence-corrected chi connectivity index (χ0v) is 13.6. The lowest BCUT2D eigenvalue weighted by Crippen LogP contribution is -2.47. The van der Waals surface area contributed by atoms with Gasteiger partial charge in [-0.2, -0.15) is 0 Å². The van der Waals surface area contributed by atoms with Gasteiger partial charge in [-0.3, -0.25) is 4.79 Å². The zero-order chi connectivity index (χ0) is 14.5. The minimum atomic E-state index is -0.431. The molecule has 0 bridgehead atoms. The van der Waals surface area contributed by atoms with Crippen molar-refractivity contribution in [3.8, 4) is 0 Å². The minimum absolute atomic E-state index is 0.0684. The number of ether oxygens (including phenoxy) is 1. The fraction of sp³-hybridized carbons (Fsp3) is 0.533. The molecule has 0 radical (unpaired) electrons. The predicted octanol–water partition coefficient (Wildman–Crippen LogP) is 3.23. The van der Waals surface area contributed by atoms with Crippen LogP contribution in [0.3, 0.4) is 0 Å². The van der Waals surface area contributed by atoms with Crippen LogP contribution in [0, 0.1) is 0 Å². The van der Waals surface area contributed by atoms with Crippen LogP contribution in [-0.4, -0.2) is 23.4 Å². The third-order valence-electron chi connectivity index (χ3n) is 2.73. The van der Waals surface area contributed by atoms with Gasteiger partial charge in [0.2, 0.25) is 5.91 Å². The second kappa shape index (κ2) is 6.53. The molecule has 0 aliphatic rings. The van der Waals surface area contributed by atoms with E-state index < -0.39 is 5.54 Å². The van der Waals surface area contributed by atoms with E-state index in [2.05, 4.69) is 21.2 Å². The van der Waals surface area contributed by atoms with Gasteiger partial charge in [-0.15, -0.1) is 0 Å². The lowest BCUT2D eigenvalue weighted by molar-refractivity contribution is -0.132. The van der Waals surface area contributed by atoms with Crippen molar-refractivity contribution in [1.29, 1.82) is 0 Å². The molecule has 0 spiro atoms. The van der Waals surface area contributed by atoms with E-state index in [4.69, 9.17) is 4.74 Å². The van der Waals surface area contributed by atoms with Gasteiger partial charge in [0.05, 0.1) is 11.1 Å². The molecule has 106 valence electrons. The molecule has 0 aromatic heterocycles. The fourth-order valence-electron chi connectivity index (χ4n) is 1.61. The Kier molecular flexibility index (Phi) is 5.56. The van der Waals surface area contributed by atoms with Gasteiger partial charge in [-0.05, 0) is 33.3 Å². The first-order chi connectivity index (χ1) is 8.77. The van der Waals surface area contributed by atoms with Gasteiger partial charge in [-0.1, -0.05) is 46.3 Å². The molecule has 0 heterocycles. The van der Waals surface area contributed by atoms with Crippen molar-refractivity contribution < 1.29 is 9.53 Å². The van der Waals surface area contributed by atoms with Crippen molar-refractivity contribution in [1.82, 2.24) is 5.32 Å². The molecule has 1 rings (SSSR count). The molecule has 0 fully saturated rings. The fourth-order valence-corrected chi connectivity index (χ4v) is 2.08. The number of alkyl halides is 1. The van der Waals surface area contributed by atoms with Crippen LogP contribution >= 0.6 is 15.9 Å². The van der Waals surface area contributed by atoms with Crippen molar-refractivity contribution in [3.63, 3.8) is 0 Å². The Morgan fingerprint density at radius 3 is 2.26 bits per heavy atom. The second-order valence-electron chi connectivity index (χ2n) is 5.78. The monoisotopic (exact) mass is 327 g/mol. The second-order valence-corrected chi connectivity index (χ2v) is 6.34. The SMILES string of the molecule is CC(C)(C)OCC(=O)NC(C)(CBr)c1ccccc1. The molecule has 3 nitrogen and oxygen atoms in total. The van der Waals surface area contributed by atoms with Crippen LogP contribution in [0.15, 0.2) is 30.3 Å². The van der Waals surface area contributed by atoms with E-state index in [9.17, 15) is 4.79 Å². The molecule has 1 atom stereocenters. The molecule has 1 aromatic rings. The van der Waals surface area contributed by atoms with Crippen LogP contribution in [0.25, 0.3) is 0 Å². The molecule has 0 saturated heterocycles. The van der Waals surface area contributed by atoms with Crippen molar-refractivity contribution in [3.05, 3.63) is 35.9 Å². The van der Waals surface area contributed by atoms with Gasteiger partial charge >= 0.3 is 0 Å². The number of hydrogen-bond acceptors (Lipinski definition) is 2. The zero-order valence-electron chi connectivity index (χ0n) is 12.0. The van der Waals surface area contributed by atoms with Gasteiger partial charge in [0.1, 0.15) is 6.61 Å². The Hall–Kier alpha value is -0.870. The number of nitrogens with one attached hydrogen (secondary N) is 1. The van der Waals surface area contributed by atoms with Gasteiger partial charge in [-0.25, -0.2) is 0 Å². The summed E-state index contributed by atoms with van der Waals surface area (Å²) in [6.07, 6.45) is 0. The van der Waals surface area contributed by atoms with E-state index in [1.165, 1.54) is 0 Å². The Labute approximate surface area is 123 Å². The largest absolute Gasteiger partial charge is 0.366 e. The summed E-state index contributed by atoms with van der Waals surface area (Å²) >= 11 is 3.47. The van der Waals surface area contributed by atoms with Crippen molar-refractivity contribution >= 4 is 21.8 Å². The van der Waals surface area contributed by atoms with E-state index in [0.717, 1.165) is 5.56 Å². The Balaban J connectivity index is 2.69. The summed E-state index contributed by atoms with van der Waals surface area (Å²) in [5.74, 6) is -0.110. The maximum atomic E-state index is 12.0. The van der Waals surface area contributed by atoms with Crippen LogP contribution in [0.4, 0.5) is 0 Å². The summed E-state index contributed by atoms with van der Waals surface area (Å²) in [4.78, 5) is 12.0. The first kappa shape index (κ1) is 16.2. The average molecular weight is 328 g/mol. The normalized spacial score (nSPS) is 14.8. The number of benzene rings is 1. The quantitative estimate of drug-likeness (QED) is 0.843. The molecule has 0 aliphatic carbocycles. The van der Waals surface area contributed by atoms with E-state index in [1.54, 1.807) is 0 Å². The molecule has 1 unspecified atom stereocenters. The van der Waals surface area contributed by atoms with Crippen LogP contribution in [0.5, 0.6) is 0 Å². The van der Waals surface area contributed by atoms with Gasteiger partial charge < -0.3 is 10.1 Å². The van der Waals surface area contributed by atoms with Gasteiger partial charge in [0.15, 0.2) is 0 Å². The number of amides is 1. The summed E-state index contributed by atoms with van der Waals surface area (Å²) < 4.78 is 5.49. The van der Waals surface area contributed by atoms with Crippen molar-refractivity contribution in [2.24, 2.45) is 0 Å². The lowest BCUT2D eigenvalue weighted by atomic mass is 9.94. The molecule has 0 aliphatic heterocycles. The topological polar surface area (TPSA) is 38.3 Å². The van der Waals surface area contributed by atoms with E-state index >= 15 is 0 Å². The minimum Gasteiger partial charge on any atom is -0.366 e.